The largest absolute Gasteiger partial charge is 0.355 e. The van der Waals surface area contributed by atoms with Crippen LogP contribution in [0.2, 0.25) is 10.0 Å². The summed E-state index contributed by atoms with van der Waals surface area (Å²) in [5.74, 6) is 0.719. The molecule has 0 aliphatic heterocycles. The predicted molar refractivity (Wildman–Crippen MR) is 82.7 cm³/mol. The summed E-state index contributed by atoms with van der Waals surface area (Å²) in [6.45, 7) is 4.24. The van der Waals surface area contributed by atoms with Crippen LogP contribution in [0.25, 0.3) is 11.0 Å². The van der Waals surface area contributed by atoms with Crippen LogP contribution in [0.15, 0.2) is 12.1 Å². The molecule has 1 aromatic carbocycles. The SMILES string of the molecule is CCNC(=O)C(C)n1c(CCl)nc2cc(Cl)c(Cl)cc21. The van der Waals surface area contributed by atoms with Gasteiger partial charge in [0.1, 0.15) is 11.9 Å². The van der Waals surface area contributed by atoms with Crippen LogP contribution in [0.1, 0.15) is 25.7 Å². The summed E-state index contributed by atoms with van der Waals surface area (Å²) in [4.78, 5) is 16.4. The highest BCUT2D eigenvalue weighted by molar-refractivity contribution is 6.42. The zero-order valence-corrected chi connectivity index (χ0v) is 13.4. The molecule has 0 saturated carbocycles. The number of alkyl halides is 1. The number of carbonyl (C=O) groups is 1. The van der Waals surface area contributed by atoms with Crippen molar-refractivity contribution in [2.45, 2.75) is 25.8 Å². The normalized spacial score (nSPS) is 12.7. The minimum Gasteiger partial charge on any atom is -0.355 e. The van der Waals surface area contributed by atoms with Crippen LogP contribution in [-0.2, 0) is 10.7 Å². The molecule has 7 heteroatoms. The number of nitrogens with zero attached hydrogens (tertiary/aromatic N) is 2. The molecule has 0 aliphatic carbocycles. The zero-order valence-electron chi connectivity index (χ0n) is 11.1. The number of nitrogens with one attached hydrogen (secondary N) is 1. The van der Waals surface area contributed by atoms with Gasteiger partial charge in [-0.2, -0.15) is 0 Å². The van der Waals surface area contributed by atoms with E-state index in [1.54, 1.807) is 23.6 Å². The third-order valence-electron chi connectivity index (χ3n) is 3.04. The monoisotopic (exact) mass is 333 g/mol. The van der Waals surface area contributed by atoms with E-state index >= 15 is 0 Å². The van der Waals surface area contributed by atoms with Crippen molar-refractivity contribution in [1.82, 2.24) is 14.9 Å². The van der Waals surface area contributed by atoms with Gasteiger partial charge in [0.05, 0.1) is 27.0 Å². The number of rotatable bonds is 4. The van der Waals surface area contributed by atoms with Crippen LogP contribution in [0, 0.1) is 0 Å². The standard InChI is InChI=1S/C13H14Cl3N3O/c1-3-17-13(20)7(2)19-11-5-9(16)8(15)4-10(11)18-12(19)6-14/h4-5,7H,3,6H2,1-2H3,(H,17,20). The fraction of sp³-hybridized carbons (Fsp3) is 0.385. The van der Waals surface area contributed by atoms with Crippen LogP contribution >= 0.6 is 34.8 Å². The molecule has 1 aromatic heterocycles. The first-order valence-corrected chi connectivity index (χ1v) is 7.48. The summed E-state index contributed by atoms with van der Waals surface area (Å²) >= 11 is 18.0. The van der Waals surface area contributed by atoms with Crippen molar-refractivity contribution in [3.05, 3.63) is 28.0 Å². The Morgan fingerprint density at radius 3 is 2.65 bits per heavy atom. The molecular weight excluding hydrogens is 321 g/mol. The summed E-state index contributed by atoms with van der Waals surface area (Å²) in [6, 6.07) is 2.96. The Morgan fingerprint density at radius 1 is 1.40 bits per heavy atom. The first-order valence-electron chi connectivity index (χ1n) is 6.19. The Morgan fingerprint density at radius 2 is 2.05 bits per heavy atom. The number of halogens is 3. The number of hydrogen-bond donors (Lipinski definition) is 1. The van der Waals surface area contributed by atoms with Crippen LogP contribution in [-0.4, -0.2) is 22.0 Å². The van der Waals surface area contributed by atoms with E-state index in [0.29, 0.717) is 27.9 Å². The Balaban J connectivity index is 2.60. The quantitative estimate of drug-likeness (QED) is 0.865. The highest BCUT2D eigenvalue weighted by atomic mass is 35.5. The Kier molecular flexibility index (Phi) is 4.78. The molecular formula is C13H14Cl3N3O. The molecule has 1 atom stereocenters. The highest BCUT2D eigenvalue weighted by Crippen LogP contribution is 2.30. The van der Waals surface area contributed by atoms with Gasteiger partial charge in [-0.25, -0.2) is 4.98 Å². The lowest BCUT2D eigenvalue weighted by Crippen LogP contribution is -2.31. The second kappa shape index (κ2) is 6.20. The molecule has 0 bridgehead atoms. The van der Waals surface area contributed by atoms with E-state index in [1.165, 1.54) is 0 Å². The number of carbonyl (C=O) groups excluding carboxylic acids is 1. The van der Waals surface area contributed by atoms with E-state index in [2.05, 4.69) is 10.3 Å². The van der Waals surface area contributed by atoms with E-state index < -0.39 is 6.04 Å². The number of aromatic nitrogens is 2. The van der Waals surface area contributed by atoms with Crippen molar-refractivity contribution in [1.29, 1.82) is 0 Å². The lowest BCUT2D eigenvalue weighted by molar-refractivity contribution is -0.123. The van der Waals surface area contributed by atoms with Crippen molar-refractivity contribution in [3.63, 3.8) is 0 Å². The molecule has 1 unspecified atom stereocenters. The van der Waals surface area contributed by atoms with Gasteiger partial charge in [-0.3, -0.25) is 4.79 Å². The third kappa shape index (κ3) is 2.73. The van der Waals surface area contributed by atoms with Crippen molar-refractivity contribution in [2.24, 2.45) is 0 Å². The number of hydrogen-bond acceptors (Lipinski definition) is 2. The summed E-state index contributed by atoms with van der Waals surface area (Å²) in [5.41, 5.74) is 1.42. The smallest absolute Gasteiger partial charge is 0.242 e. The maximum atomic E-state index is 12.0. The van der Waals surface area contributed by atoms with Crippen LogP contribution in [0.4, 0.5) is 0 Å². The first kappa shape index (κ1) is 15.4. The molecule has 20 heavy (non-hydrogen) atoms. The summed E-state index contributed by atoms with van der Waals surface area (Å²) in [6.07, 6.45) is 0. The Hall–Kier alpha value is -0.970. The molecule has 0 saturated heterocycles. The lowest BCUT2D eigenvalue weighted by Gasteiger charge is -2.16. The van der Waals surface area contributed by atoms with Gasteiger partial charge in [-0.1, -0.05) is 23.2 Å². The third-order valence-corrected chi connectivity index (χ3v) is 4.00. The molecule has 1 N–H and O–H groups in total. The fourth-order valence-corrected chi connectivity index (χ4v) is 2.61. The Bertz CT molecular complexity index is 654. The van der Waals surface area contributed by atoms with Gasteiger partial charge in [-0.15, -0.1) is 11.6 Å². The fourth-order valence-electron chi connectivity index (χ4n) is 2.11. The van der Waals surface area contributed by atoms with Gasteiger partial charge in [0.2, 0.25) is 5.91 Å². The van der Waals surface area contributed by atoms with Gasteiger partial charge in [0.25, 0.3) is 0 Å². The number of fused-ring (bicyclic) bond motifs is 1. The molecule has 108 valence electrons. The minimum atomic E-state index is -0.425. The van der Waals surface area contributed by atoms with E-state index in [1.807, 2.05) is 6.92 Å². The van der Waals surface area contributed by atoms with Crippen molar-refractivity contribution < 1.29 is 4.79 Å². The van der Waals surface area contributed by atoms with Gasteiger partial charge in [-0.05, 0) is 26.0 Å². The second-order valence-corrected chi connectivity index (χ2v) is 5.44. The van der Waals surface area contributed by atoms with Crippen molar-refractivity contribution in [2.75, 3.05) is 6.54 Å². The van der Waals surface area contributed by atoms with E-state index in [4.69, 9.17) is 34.8 Å². The van der Waals surface area contributed by atoms with Crippen LogP contribution in [0.5, 0.6) is 0 Å². The van der Waals surface area contributed by atoms with E-state index in [0.717, 1.165) is 5.52 Å². The molecule has 2 aromatic rings. The lowest BCUT2D eigenvalue weighted by atomic mass is 10.2. The van der Waals surface area contributed by atoms with Gasteiger partial charge < -0.3 is 9.88 Å². The topological polar surface area (TPSA) is 46.9 Å². The zero-order chi connectivity index (χ0) is 14.9. The first-order chi connectivity index (χ1) is 9.49. The second-order valence-electron chi connectivity index (χ2n) is 4.36. The summed E-state index contributed by atoms with van der Waals surface area (Å²) < 4.78 is 1.79. The van der Waals surface area contributed by atoms with Crippen molar-refractivity contribution >= 4 is 51.7 Å². The summed E-state index contributed by atoms with van der Waals surface area (Å²) in [7, 11) is 0. The maximum Gasteiger partial charge on any atom is 0.242 e. The number of benzene rings is 1. The van der Waals surface area contributed by atoms with Crippen LogP contribution < -0.4 is 5.32 Å². The molecule has 0 aliphatic rings. The molecule has 1 heterocycles. The Labute approximate surface area is 132 Å². The highest BCUT2D eigenvalue weighted by Gasteiger charge is 2.21. The van der Waals surface area contributed by atoms with Gasteiger partial charge in [0.15, 0.2) is 0 Å². The minimum absolute atomic E-state index is 0.0933. The van der Waals surface area contributed by atoms with E-state index in [9.17, 15) is 4.79 Å². The van der Waals surface area contributed by atoms with Crippen LogP contribution in [0.3, 0.4) is 0 Å². The molecule has 0 radical (unpaired) electrons. The molecule has 4 nitrogen and oxygen atoms in total. The predicted octanol–water partition coefficient (Wildman–Crippen LogP) is 3.78. The average Bonchev–Trinajstić information content (AvgIpc) is 2.76. The van der Waals surface area contributed by atoms with E-state index in [-0.39, 0.29) is 11.8 Å². The molecule has 2 rings (SSSR count). The average molecular weight is 335 g/mol. The number of likely N-dealkylation sites (N-methyl/N-ethyl adjacent to an activating group) is 1. The number of imidazole rings is 1. The summed E-state index contributed by atoms with van der Waals surface area (Å²) in [5, 5.41) is 3.63. The van der Waals surface area contributed by atoms with Gasteiger partial charge in [0, 0.05) is 6.54 Å². The molecule has 0 spiro atoms. The molecule has 1 amide bonds. The maximum absolute atomic E-state index is 12.0. The molecule has 0 fully saturated rings. The van der Waals surface area contributed by atoms with Crippen molar-refractivity contribution in [3.8, 4) is 0 Å². The van der Waals surface area contributed by atoms with Gasteiger partial charge >= 0.3 is 0 Å². The number of amides is 1.